The third-order valence-corrected chi connectivity index (χ3v) is 4.15. The molecule has 4 N–H and O–H groups in total. The number of amides is 1. The van der Waals surface area contributed by atoms with Crippen molar-refractivity contribution in [1.82, 2.24) is 9.38 Å². The lowest BCUT2D eigenvalue weighted by atomic mass is 10.00. The highest BCUT2D eigenvalue weighted by atomic mass is 16.1. The van der Waals surface area contributed by atoms with Gasteiger partial charge in [0.25, 0.3) is 0 Å². The maximum Gasteiger partial charge on any atom is 0.222 e. The molecule has 0 aliphatic carbocycles. The Bertz CT molecular complexity index is 936. The predicted molar refractivity (Wildman–Crippen MR) is 90.6 cm³/mol. The van der Waals surface area contributed by atoms with Crippen molar-refractivity contribution >= 4 is 11.6 Å². The van der Waals surface area contributed by atoms with Gasteiger partial charge in [-0.15, -0.1) is 0 Å². The molecule has 0 fully saturated rings. The van der Waals surface area contributed by atoms with E-state index in [4.69, 9.17) is 16.7 Å². The van der Waals surface area contributed by atoms with Crippen molar-refractivity contribution < 1.29 is 4.79 Å². The van der Waals surface area contributed by atoms with Crippen LogP contribution in [0.1, 0.15) is 24.2 Å². The number of fused-ring (bicyclic) bond motifs is 1. The first-order valence-corrected chi connectivity index (χ1v) is 7.53. The maximum atomic E-state index is 11.3. The summed E-state index contributed by atoms with van der Waals surface area (Å²) in [6.45, 7) is 1.69. The summed E-state index contributed by atoms with van der Waals surface area (Å²) < 4.78 is 1.87. The first-order chi connectivity index (χ1) is 11.5. The quantitative estimate of drug-likeness (QED) is 0.766. The Morgan fingerprint density at radius 3 is 2.46 bits per heavy atom. The average Bonchev–Trinajstić information content (AvgIpc) is 3.03. The molecule has 6 nitrogen and oxygen atoms in total. The van der Waals surface area contributed by atoms with Gasteiger partial charge in [0.1, 0.15) is 5.65 Å². The number of pyridine rings is 1. The van der Waals surface area contributed by atoms with Crippen molar-refractivity contribution in [3.05, 3.63) is 60.0 Å². The third-order valence-electron chi connectivity index (χ3n) is 4.15. The summed E-state index contributed by atoms with van der Waals surface area (Å²) in [7, 11) is 0. The maximum absolute atomic E-state index is 11.3. The van der Waals surface area contributed by atoms with Crippen LogP contribution in [-0.4, -0.2) is 15.3 Å². The van der Waals surface area contributed by atoms with E-state index in [-0.39, 0.29) is 0 Å². The van der Waals surface area contributed by atoms with Crippen LogP contribution in [0.3, 0.4) is 0 Å². The number of rotatable bonds is 4. The van der Waals surface area contributed by atoms with Crippen LogP contribution in [0.4, 0.5) is 0 Å². The van der Waals surface area contributed by atoms with Crippen molar-refractivity contribution in [1.29, 1.82) is 5.26 Å². The van der Waals surface area contributed by atoms with Gasteiger partial charge in [0.05, 0.1) is 29.3 Å². The van der Waals surface area contributed by atoms with Gasteiger partial charge in [-0.1, -0.05) is 19.1 Å². The number of hydrogen-bond donors (Lipinski definition) is 2. The zero-order chi connectivity index (χ0) is 17.3. The summed E-state index contributed by atoms with van der Waals surface area (Å²) in [5, 5.41) is 8.87. The molecular weight excluding hydrogens is 302 g/mol. The van der Waals surface area contributed by atoms with E-state index < -0.39 is 17.9 Å². The van der Waals surface area contributed by atoms with Crippen LogP contribution in [0.5, 0.6) is 0 Å². The molecule has 1 amide bonds. The van der Waals surface area contributed by atoms with Crippen molar-refractivity contribution in [3.63, 3.8) is 0 Å². The molecule has 0 radical (unpaired) electrons. The molecule has 2 aromatic heterocycles. The summed E-state index contributed by atoms with van der Waals surface area (Å²) in [6.07, 6.45) is 3.75. The van der Waals surface area contributed by atoms with Crippen LogP contribution in [0.2, 0.25) is 0 Å². The third kappa shape index (κ3) is 2.85. The first-order valence-electron chi connectivity index (χ1n) is 7.53. The topological polar surface area (TPSA) is 110 Å². The summed E-state index contributed by atoms with van der Waals surface area (Å²) >= 11 is 0. The number of imidazole rings is 1. The lowest BCUT2D eigenvalue weighted by molar-refractivity contribution is -0.121. The summed E-state index contributed by atoms with van der Waals surface area (Å²) in [4.78, 5) is 15.8. The van der Waals surface area contributed by atoms with Gasteiger partial charge in [0, 0.05) is 12.4 Å². The number of nitrogens with two attached hydrogens (primary N) is 2. The molecule has 24 heavy (non-hydrogen) atoms. The van der Waals surface area contributed by atoms with Gasteiger partial charge in [0.2, 0.25) is 5.91 Å². The number of benzene rings is 1. The van der Waals surface area contributed by atoms with E-state index in [9.17, 15) is 4.79 Å². The molecule has 1 aromatic carbocycles. The molecule has 0 aliphatic rings. The molecule has 0 unspecified atom stereocenters. The van der Waals surface area contributed by atoms with E-state index in [0.717, 1.165) is 16.8 Å². The zero-order valence-corrected chi connectivity index (χ0v) is 13.2. The number of nitriles is 1. The lowest BCUT2D eigenvalue weighted by Gasteiger charge is -2.13. The largest absolute Gasteiger partial charge is 0.369 e. The Balaban J connectivity index is 1.96. The smallest absolute Gasteiger partial charge is 0.222 e. The molecular formula is C18H17N5O. The Hall–Kier alpha value is -3.17. The zero-order valence-electron chi connectivity index (χ0n) is 13.2. The highest BCUT2D eigenvalue weighted by molar-refractivity contribution is 5.77. The predicted octanol–water partition coefficient (Wildman–Crippen LogP) is 1.99. The SMILES string of the molecule is C[C@@H](C(N)=O)[C@H](N)c1cn2cc(-c3ccc(C#N)cc3)ccc2n1. The van der Waals surface area contributed by atoms with Gasteiger partial charge >= 0.3 is 0 Å². The van der Waals surface area contributed by atoms with E-state index in [1.807, 2.05) is 41.1 Å². The van der Waals surface area contributed by atoms with Crippen molar-refractivity contribution in [2.75, 3.05) is 0 Å². The molecule has 6 heteroatoms. The molecule has 0 aliphatic heterocycles. The van der Waals surface area contributed by atoms with Crippen LogP contribution >= 0.6 is 0 Å². The minimum atomic E-state index is -0.541. The lowest BCUT2D eigenvalue weighted by Crippen LogP contribution is -2.31. The Morgan fingerprint density at radius 2 is 1.83 bits per heavy atom. The Kier molecular flexibility index (Phi) is 4.02. The van der Waals surface area contributed by atoms with E-state index >= 15 is 0 Å². The first kappa shape index (κ1) is 15.7. The van der Waals surface area contributed by atoms with Gasteiger partial charge < -0.3 is 15.9 Å². The van der Waals surface area contributed by atoms with E-state index in [1.165, 1.54) is 0 Å². The van der Waals surface area contributed by atoms with Crippen LogP contribution in [0, 0.1) is 17.2 Å². The van der Waals surface area contributed by atoms with Gasteiger partial charge in [-0.05, 0) is 35.4 Å². The summed E-state index contributed by atoms with van der Waals surface area (Å²) in [6, 6.07) is 12.8. The van der Waals surface area contributed by atoms with Crippen LogP contribution < -0.4 is 11.5 Å². The van der Waals surface area contributed by atoms with E-state index in [1.54, 1.807) is 19.1 Å². The molecule has 2 atom stereocenters. The molecule has 0 saturated carbocycles. The van der Waals surface area contributed by atoms with Gasteiger partial charge in [-0.25, -0.2) is 4.98 Å². The van der Waals surface area contributed by atoms with Gasteiger partial charge in [-0.3, -0.25) is 4.79 Å². The molecule has 0 bridgehead atoms. The molecule has 0 spiro atoms. The fourth-order valence-corrected chi connectivity index (χ4v) is 2.51. The molecule has 0 saturated heterocycles. The van der Waals surface area contributed by atoms with Crippen LogP contribution in [0.15, 0.2) is 48.8 Å². The van der Waals surface area contributed by atoms with Gasteiger partial charge in [-0.2, -0.15) is 5.26 Å². The standard InChI is InChI=1S/C18H17N5O/c1-11(18(21)24)17(20)15-10-23-9-14(6-7-16(23)22-15)13-4-2-12(8-19)3-5-13/h2-7,9-11,17H,20H2,1H3,(H2,21,24)/t11-,17+/m1/s1. The van der Waals surface area contributed by atoms with Crippen LogP contribution in [0.25, 0.3) is 16.8 Å². The second-order valence-corrected chi connectivity index (χ2v) is 5.75. The van der Waals surface area contributed by atoms with E-state index in [2.05, 4.69) is 11.1 Å². The fraction of sp³-hybridized carbons (Fsp3) is 0.167. The summed E-state index contributed by atoms with van der Waals surface area (Å²) in [5.74, 6) is -0.939. The van der Waals surface area contributed by atoms with E-state index in [0.29, 0.717) is 11.3 Å². The number of carbonyl (C=O) groups is 1. The minimum absolute atomic E-state index is 0.446. The molecule has 2 heterocycles. The number of nitrogens with zero attached hydrogens (tertiary/aromatic N) is 3. The van der Waals surface area contributed by atoms with Crippen molar-refractivity contribution in [2.45, 2.75) is 13.0 Å². The average molecular weight is 319 g/mol. The van der Waals surface area contributed by atoms with Crippen molar-refractivity contribution in [2.24, 2.45) is 17.4 Å². The molecule has 3 aromatic rings. The minimum Gasteiger partial charge on any atom is -0.369 e. The Morgan fingerprint density at radius 1 is 1.17 bits per heavy atom. The summed E-state index contributed by atoms with van der Waals surface area (Å²) in [5.41, 5.74) is 15.4. The number of primary amides is 1. The molecule has 3 rings (SSSR count). The second kappa shape index (κ2) is 6.14. The fourth-order valence-electron chi connectivity index (χ4n) is 2.51. The normalized spacial score (nSPS) is 13.4. The van der Waals surface area contributed by atoms with Gasteiger partial charge in [0.15, 0.2) is 0 Å². The second-order valence-electron chi connectivity index (χ2n) is 5.75. The number of hydrogen-bond acceptors (Lipinski definition) is 4. The number of carbonyl (C=O) groups excluding carboxylic acids is 1. The van der Waals surface area contributed by atoms with Crippen LogP contribution in [-0.2, 0) is 4.79 Å². The molecule has 120 valence electrons. The highest BCUT2D eigenvalue weighted by Gasteiger charge is 2.22. The number of aromatic nitrogens is 2. The Labute approximate surface area is 139 Å². The van der Waals surface area contributed by atoms with Crippen molar-refractivity contribution in [3.8, 4) is 17.2 Å². The highest BCUT2D eigenvalue weighted by Crippen LogP contribution is 2.23. The monoisotopic (exact) mass is 319 g/mol.